The highest BCUT2D eigenvalue weighted by Gasteiger charge is 2.26. The molecule has 0 bridgehead atoms. The van der Waals surface area contributed by atoms with Gasteiger partial charge in [-0.15, -0.1) is 0 Å². The third-order valence-corrected chi connectivity index (χ3v) is 3.32. The summed E-state index contributed by atoms with van der Waals surface area (Å²) in [6, 6.07) is 3.36. The molecule has 1 heterocycles. The molecule has 0 fully saturated rings. The Hall–Kier alpha value is -1.70. The molecule has 1 aromatic heterocycles. The van der Waals surface area contributed by atoms with Crippen LogP contribution in [0.2, 0.25) is 0 Å². The van der Waals surface area contributed by atoms with Gasteiger partial charge in [0, 0.05) is 25.3 Å². The van der Waals surface area contributed by atoms with Gasteiger partial charge >= 0.3 is 0 Å². The van der Waals surface area contributed by atoms with Crippen LogP contribution < -0.4 is 22.5 Å². The molecule has 0 aliphatic rings. The van der Waals surface area contributed by atoms with Gasteiger partial charge in [-0.3, -0.25) is 4.79 Å². The number of carbonyl (C=O) groups is 1. The summed E-state index contributed by atoms with van der Waals surface area (Å²) in [4.78, 5) is 18.5. The Morgan fingerprint density at radius 1 is 1.35 bits per heavy atom. The van der Waals surface area contributed by atoms with Crippen LogP contribution in [0.25, 0.3) is 0 Å². The van der Waals surface area contributed by atoms with Gasteiger partial charge in [0.05, 0.1) is 0 Å². The van der Waals surface area contributed by atoms with Crippen molar-refractivity contribution in [2.45, 2.75) is 26.8 Å². The smallest absolute Gasteiger partial charge is 0.274 e. The third-order valence-electron chi connectivity index (χ3n) is 3.32. The van der Waals surface area contributed by atoms with Gasteiger partial charge in [0.1, 0.15) is 5.69 Å². The monoisotopic (exact) mass is 280 g/mol. The summed E-state index contributed by atoms with van der Waals surface area (Å²) in [5.74, 6) is 11.1. The van der Waals surface area contributed by atoms with Crippen LogP contribution in [0.5, 0.6) is 0 Å². The number of rotatable bonds is 5. The first-order valence-corrected chi connectivity index (χ1v) is 6.54. The topological polar surface area (TPSA) is 114 Å². The summed E-state index contributed by atoms with van der Waals surface area (Å²) in [5, 5.41) is 0.903. The maximum atomic E-state index is 12.6. The molecule has 7 heteroatoms. The number of hydrogen-bond donors (Lipinski definition) is 3. The number of amides is 1. The Labute approximate surface area is 119 Å². The minimum Gasteiger partial charge on any atom is -0.336 e. The van der Waals surface area contributed by atoms with Gasteiger partial charge in [-0.25, -0.2) is 21.8 Å². The van der Waals surface area contributed by atoms with Crippen molar-refractivity contribution in [2.24, 2.45) is 23.3 Å². The molecule has 0 radical (unpaired) electrons. The van der Waals surface area contributed by atoms with Gasteiger partial charge in [0.15, 0.2) is 5.69 Å². The first-order chi connectivity index (χ1) is 9.29. The Morgan fingerprint density at radius 2 is 1.95 bits per heavy atom. The number of carbonyl (C=O) groups excluding carboxylic acids is 1. The number of nitrogens with zero attached hydrogens (tertiary/aromatic N) is 3. The molecule has 6 N–H and O–H groups in total. The van der Waals surface area contributed by atoms with Crippen LogP contribution in [0.3, 0.4) is 0 Å². The Bertz CT molecular complexity index is 474. The molecule has 1 aromatic rings. The highest BCUT2D eigenvalue weighted by atomic mass is 16.2. The summed E-state index contributed by atoms with van der Waals surface area (Å²) in [6.45, 7) is 6.23. The van der Waals surface area contributed by atoms with Crippen molar-refractivity contribution in [1.82, 2.24) is 9.88 Å². The summed E-state index contributed by atoms with van der Waals surface area (Å²) in [7, 11) is 1.71. The second-order valence-electron chi connectivity index (χ2n) is 5.19. The maximum Gasteiger partial charge on any atom is 0.274 e. The largest absolute Gasteiger partial charge is 0.336 e. The number of anilines is 1. The van der Waals surface area contributed by atoms with Crippen LogP contribution >= 0.6 is 0 Å². The Morgan fingerprint density at radius 3 is 2.40 bits per heavy atom. The molecule has 0 saturated heterocycles. The van der Waals surface area contributed by atoms with Crippen molar-refractivity contribution in [3.63, 3.8) is 0 Å². The number of aromatic nitrogens is 1. The molecule has 7 nitrogen and oxygen atoms in total. The predicted octanol–water partition coefficient (Wildman–Crippen LogP) is -0.000880. The van der Waals surface area contributed by atoms with Gasteiger partial charge in [-0.2, -0.15) is 0 Å². The lowest BCUT2D eigenvalue weighted by Crippen LogP contribution is -2.46. The lowest BCUT2D eigenvalue weighted by atomic mass is 10.0. The zero-order chi connectivity index (χ0) is 15.4. The molecule has 1 atom stereocenters. The van der Waals surface area contributed by atoms with Crippen LogP contribution in [0, 0.1) is 12.8 Å². The second kappa shape index (κ2) is 6.65. The molecule has 112 valence electrons. The first-order valence-electron chi connectivity index (χ1n) is 6.54. The van der Waals surface area contributed by atoms with Crippen molar-refractivity contribution in [3.8, 4) is 0 Å². The van der Waals surface area contributed by atoms with E-state index in [0.717, 1.165) is 10.8 Å². The zero-order valence-electron chi connectivity index (χ0n) is 12.5. The van der Waals surface area contributed by atoms with Gasteiger partial charge in [-0.05, 0) is 25.0 Å². The zero-order valence-corrected chi connectivity index (χ0v) is 12.5. The summed E-state index contributed by atoms with van der Waals surface area (Å²) in [6.07, 6.45) is 0. The van der Waals surface area contributed by atoms with E-state index in [9.17, 15) is 4.79 Å². The molecule has 1 unspecified atom stereocenters. The van der Waals surface area contributed by atoms with E-state index in [1.807, 2.05) is 13.8 Å². The molecule has 0 aromatic carbocycles. The average molecular weight is 280 g/mol. The summed E-state index contributed by atoms with van der Waals surface area (Å²) >= 11 is 0. The average Bonchev–Trinajstić information content (AvgIpc) is 2.37. The fourth-order valence-electron chi connectivity index (χ4n) is 2.11. The fraction of sp³-hybridized carbons (Fsp3) is 0.538. The third kappa shape index (κ3) is 3.44. The van der Waals surface area contributed by atoms with E-state index in [1.165, 1.54) is 0 Å². The number of likely N-dealkylation sites (N-methyl/N-ethyl adjacent to an activating group) is 1. The van der Waals surface area contributed by atoms with E-state index in [4.69, 9.17) is 17.4 Å². The highest BCUT2D eigenvalue weighted by molar-refractivity contribution is 5.97. The first kappa shape index (κ1) is 16.4. The molecular formula is C13H24N6O. The lowest BCUT2D eigenvalue weighted by Gasteiger charge is -2.30. The van der Waals surface area contributed by atoms with E-state index in [1.54, 1.807) is 31.0 Å². The van der Waals surface area contributed by atoms with Crippen molar-refractivity contribution in [2.75, 3.05) is 18.7 Å². The highest BCUT2D eigenvalue weighted by Crippen LogP contribution is 2.19. The molecule has 0 spiro atoms. The summed E-state index contributed by atoms with van der Waals surface area (Å²) in [5.41, 5.74) is 7.08. The molecule has 0 saturated carbocycles. The SMILES string of the molecule is Cc1ccc(N(N)N)c(C(=O)N(C)C(CN)C(C)C)n1. The molecule has 1 amide bonds. The molecule has 1 rings (SSSR count). The van der Waals surface area contributed by atoms with Crippen LogP contribution in [0.4, 0.5) is 5.69 Å². The molecular weight excluding hydrogens is 256 g/mol. The van der Waals surface area contributed by atoms with Gasteiger partial charge in [0.25, 0.3) is 5.91 Å². The second-order valence-corrected chi connectivity index (χ2v) is 5.19. The van der Waals surface area contributed by atoms with Crippen molar-refractivity contribution >= 4 is 11.6 Å². The number of nitrogens with two attached hydrogens (primary N) is 3. The number of hydrogen-bond acceptors (Lipinski definition) is 6. The summed E-state index contributed by atoms with van der Waals surface area (Å²) < 4.78 is 0. The quantitative estimate of drug-likeness (QED) is 0.516. The number of aryl methyl sites for hydroxylation is 1. The van der Waals surface area contributed by atoms with Crippen molar-refractivity contribution in [1.29, 1.82) is 0 Å². The van der Waals surface area contributed by atoms with E-state index in [2.05, 4.69) is 4.98 Å². The van der Waals surface area contributed by atoms with Gasteiger partial charge < -0.3 is 10.6 Å². The fourth-order valence-corrected chi connectivity index (χ4v) is 2.11. The van der Waals surface area contributed by atoms with E-state index in [0.29, 0.717) is 12.2 Å². The minimum absolute atomic E-state index is 0.0679. The molecule has 0 aliphatic heterocycles. The van der Waals surface area contributed by atoms with Crippen LogP contribution in [0.15, 0.2) is 12.1 Å². The van der Waals surface area contributed by atoms with E-state index >= 15 is 0 Å². The predicted molar refractivity (Wildman–Crippen MR) is 79.6 cm³/mol. The van der Waals surface area contributed by atoms with Gasteiger partial charge in [0.2, 0.25) is 0 Å². The standard InChI is InChI=1S/C13H24N6O/c1-8(2)11(7-14)18(4)13(20)12-10(19(15)16)6-5-9(3)17-12/h5-6,8,11H,7,14-16H2,1-4H3. The normalized spacial score (nSPS) is 12.4. The lowest BCUT2D eigenvalue weighted by molar-refractivity contribution is 0.0691. The van der Waals surface area contributed by atoms with Gasteiger partial charge in [-0.1, -0.05) is 13.8 Å². The van der Waals surface area contributed by atoms with Crippen LogP contribution in [0.1, 0.15) is 30.0 Å². The molecule has 20 heavy (non-hydrogen) atoms. The maximum absolute atomic E-state index is 12.6. The minimum atomic E-state index is -0.242. The van der Waals surface area contributed by atoms with Crippen LogP contribution in [-0.4, -0.2) is 35.4 Å². The number of hydrazine groups is 2. The van der Waals surface area contributed by atoms with E-state index in [-0.39, 0.29) is 23.6 Å². The number of pyridine rings is 1. The Kier molecular flexibility index (Phi) is 5.43. The molecule has 0 aliphatic carbocycles. The Balaban J connectivity index is 3.16. The van der Waals surface area contributed by atoms with Crippen molar-refractivity contribution in [3.05, 3.63) is 23.5 Å². The van der Waals surface area contributed by atoms with Crippen LogP contribution in [-0.2, 0) is 0 Å². The van der Waals surface area contributed by atoms with Crippen molar-refractivity contribution < 1.29 is 4.79 Å². The van der Waals surface area contributed by atoms with E-state index < -0.39 is 0 Å².